The molecule has 1 aliphatic rings. The van der Waals surface area contributed by atoms with Gasteiger partial charge in [-0.25, -0.2) is 4.39 Å². The molecule has 4 rings (SSSR count). The molecule has 0 bridgehead atoms. The normalized spacial score (nSPS) is 13.1. The summed E-state index contributed by atoms with van der Waals surface area (Å²) in [6.07, 6.45) is 2.34. The Balaban J connectivity index is 1.67. The molecule has 0 aliphatic carbocycles. The minimum Gasteiger partial charge on any atom is -0.317 e. The number of hydrogen-bond donors (Lipinski definition) is 1. The zero-order valence-electron chi connectivity index (χ0n) is 15.6. The zero-order valence-corrected chi connectivity index (χ0v) is 15.6. The van der Waals surface area contributed by atoms with E-state index in [1.807, 2.05) is 30.3 Å². The van der Waals surface area contributed by atoms with Crippen molar-refractivity contribution in [3.05, 3.63) is 107 Å². The summed E-state index contributed by atoms with van der Waals surface area (Å²) >= 11 is 0. The van der Waals surface area contributed by atoms with Crippen LogP contribution in [0, 0.1) is 5.82 Å². The van der Waals surface area contributed by atoms with Gasteiger partial charge in [0.1, 0.15) is 11.5 Å². The number of halogens is 1. The van der Waals surface area contributed by atoms with Crippen LogP contribution in [-0.4, -0.2) is 18.4 Å². The molecule has 0 saturated heterocycles. The lowest BCUT2D eigenvalue weighted by molar-refractivity contribution is -0.115. The Hall–Kier alpha value is -3.73. The average molecular weight is 386 g/mol. The molecule has 1 aliphatic heterocycles. The molecule has 0 unspecified atom stereocenters. The third kappa shape index (κ3) is 4.09. The van der Waals surface area contributed by atoms with Gasteiger partial charge in [-0.15, -0.1) is 0 Å². The number of carbonyl (C=O) groups is 2. The highest BCUT2D eigenvalue weighted by molar-refractivity contribution is 6.12. The fourth-order valence-corrected chi connectivity index (χ4v) is 3.36. The maximum absolute atomic E-state index is 13.3. The highest BCUT2D eigenvalue weighted by Gasteiger charge is 2.27. The van der Waals surface area contributed by atoms with Crippen LogP contribution in [0.5, 0.6) is 0 Å². The molecule has 0 saturated carbocycles. The van der Waals surface area contributed by atoms with Crippen LogP contribution in [0.25, 0.3) is 6.08 Å². The summed E-state index contributed by atoms with van der Waals surface area (Å²) in [6.45, 7) is 0.542. The Kier molecular flexibility index (Phi) is 5.20. The monoisotopic (exact) mass is 386 g/mol. The van der Waals surface area contributed by atoms with E-state index in [1.54, 1.807) is 47.4 Å². The largest absolute Gasteiger partial charge is 0.317 e. The van der Waals surface area contributed by atoms with Gasteiger partial charge >= 0.3 is 0 Å². The number of para-hydroxylation sites is 1. The SMILES string of the molecule is O=C(NC(=Cc1ccc(F)cc1)C(=O)N1CCc2ccccc21)c1ccccc1. The van der Waals surface area contributed by atoms with Crippen LogP contribution in [0.4, 0.5) is 10.1 Å². The summed E-state index contributed by atoms with van der Waals surface area (Å²) in [7, 11) is 0. The third-order valence-corrected chi connectivity index (χ3v) is 4.83. The standard InChI is InChI=1S/C24H19FN2O2/c25-20-12-10-17(11-13-20)16-21(26-23(28)19-7-2-1-3-8-19)24(29)27-15-14-18-6-4-5-9-22(18)27/h1-13,16H,14-15H2,(H,26,28). The van der Waals surface area contributed by atoms with E-state index in [1.165, 1.54) is 12.1 Å². The van der Waals surface area contributed by atoms with Gasteiger partial charge in [0.05, 0.1) is 0 Å². The molecule has 1 heterocycles. The Morgan fingerprint density at radius 3 is 2.34 bits per heavy atom. The molecule has 0 spiro atoms. The first-order valence-corrected chi connectivity index (χ1v) is 9.35. The first-order chi connectivity index (χ1) is 14.1. The number of fused-ring (bicyclic) bond motifs is 1. The van der Waals surface area contributed by atoms with Crippen molar-refractivity contribution in [3.63, 3.8) is 0 Å². The van der Waals surface area contributed by atoms with E-state index in [9.17, 15) is 14.0 Å². The van der Waals surface area contributed by atoms with Crippen molar-refractivity contribution >= 4 is 23.6 Å². The van der Waals surface area contributed by atoms with Gasteiger partial charge in [0.25, 0.3) is 11.8 Å². The molecule has 0 aromatic heterocycles. The van der Waals surface area contributed by atoms with Gasteiger partial charge in [-0.2, -0.15) is 0 Å². The highest BCUT2D eigenvalue weighted by atomic mass is 19.1. The summed E-state index contributed by atoms with van der Waals surface area (Å²) in [6, 6.07) is 22.2. The second-order valence-electron chi connectivity index (χ2n) is 6.77. The molecule has 4 nitrogen and oxygen atoms in total. The number of benzene rings is 3. The lowest BCUT2D eigenvalue weighted by atomic mass is 10.1. The van der Waals surface area contributed by atoms with Crippen molar-refractivity contribution in [2.24, 2.45) is 0 Å². The van der Waals surface area contributed by atoms with Gasteiger partial charge in [0, 0.05) is 17.8 Å². The number of hydrogen-bond acceptors (Lipinski definition) is 2. The third-order valence-electron chi connectivity index (χ3n) is 4.83. The summed E-state index contributed by atoms with van der Waals surface area (Å²) in [4.78, 5) is 27.7. The molecule has 3 aromatic rings. The predicted molar refractivity (Wildman–Crippen MR) is 111 cm³/mol. The fourth-order valence-electron chi connectivity index (χ4n) is 3.36. The molecule has 0 fully saturated rings. The van der Waals surface area contributed by atoms with Crippen molar-refractivity contribution in [1.29, 1.82) is 0 Å². The van der Waals surface area contributed by atoms with Gasteiger partial charge < -0.3 is 10.2 Å². The van der Waals surface area contributed by atoms with Crippen LogP contribution in [0.3, 0.4) is 0 Å². The molecule has 0 atom stereocenters. The lowest BCUT2D eigenvalue weighted by Crippen LogP contribution is -2.37. The molecular formula is C24H19FN2O2. The summed E-state index contributed by atoms with van der Waals surface area (Å²) in [5.74, 6) is -1.04. The Bertz CT molecular complexity index is 1080. The van der Waals surface area contributed by atoms with E-state index < -0.39 is 0 Å². The first-order valence-electron chi connectivity index (χ1n) is 9.35. The molecule has 29 heavy (non-hydrogen) atoms. The second-order valence-corrected chi connectivity index (χ2v) is 6.77. The smallest absolute Gasteiger partial charge is 0.274 e. The number of amides is 2. The fraction of sp³-hybridized carbons (Fsp3) is 0.0833. The van der Waals surface area contributed by atoms with Gasteiger partial charge in [0.15, 0.2) is 0 Å². The Labute approximate surface area is 168 Å². The molecular weight excluding hydrogens is 367 g/mol. The predicted octanol–water partition coefficient (Wildman–Crippen LogP) is 4.19. The number of nitrogens with one attached hydrogen (secondary N) is 1. The van der Waals surface area contributed by atoms with Crippen LogP contribution >= 0.6 is 0 Å². The topological polar surface area (TPSA) is 49.4 Å². The van der Waals surface area contributed by atoms with Gasteiger partial charge in [-0.1, -0.05) is 48.5 Å². The zero-order chi connectivity index (χ0) is 20.2. The lowest BCUT2D eigenvalue weighted by Gasteiger charge is -2.20. The van der Waals surface area contributed by atoms with E-state index in [2.05, 4.69) is 5.32 Å². The van der Waals surface area contributed by atoms with Gasteiger partial charge in [0.2, 0.25) is 0 Å². The van der Waals surface area contributed by atoms with E-state index in [0.29, 0.717) is 17.7 Å². The molecule has 5 heteroatoms. The molecule has 0 radical (unpaired) electrons. The van der Waals surface area contributed by atoms with Crippen molar-refractivity contribution in [2.75, 3.05) is 11.4 Å². The van der Waals surface area contributed by atoms with Crippen LogP contribution in [0.15, 0.2) is 84.6 Å². The average Bonchev–Trinajstić information content (AvgIpc) is 3.19. The maximum atomic E-state index is 13.3. The van der Waals surface area contributed by atoms with Crippen LogP contribution in [0.1, 0.15) is 21.5 Å². The van der Waals surface area contributed by atoms with Crippen molar-refractivity contribution in [2.45, 2.75) is 6.42 Å². The first kappa shape index (κ1) is 18.6. The van der Waals surface area contributed by atoms with E-state index >= 15 is 0 Å². The summed E-state index contributed by atoms with van der Waals surface area (Å²) in [5.41, 5.74) is 3.15. The second kappa shape index (κ2) is 8.10. The number of nitrogens with zero attached hydrogens (tertiary/aromatic N) is 1. The van der Waals surface area contributed by atoms with Crippen molar-refractivity contribution in [1.82, 2.24) is 5.32 Å². The molecule has 2 amide bonds. The Morgan fingerprint density at radius 2 is 1.59 bits per heavy atom. The minimum atomic E-state index is -0.375. The van der Waals surface area contributed by atoms with E-state index in [0.717, 1.165) is 17.7 Å². The maximum Gasteiger partial charge on any atom is 0.274 e. The van der Waals surface area contributed by atoms with Crippen molar-refractivity contribution in [3.8, 4) is 0 Å². The quantitative estimate of drug-likeness (QED) is 0.684. The minimum absolute atomic E-state index is 0.141. The summed E-state index contributed by atoms with van der Waals surface area (Å²) < 4.78 is 13.3. The van der Waals surface area contributed by atoms with Crippen LogP contribution < -0.4 is 10.2 Å². The molecule has 1 N–H and O–H groups in total. The van der Waals surface area contributed by atoms with Gasteiger partial charge in [-0.05, 0) is 54.0 Å². The van der Waals surface area contributed by atoms with Crippen LogP contribution in [0.2, 0.25) is 0 Å². The highest BCUT2D eigenvalue weighted by Crippen LogP contribution is 2.28. The number of carbonyl (C=O) groups excluding carboxylic acids is 2. The van der Waals surface area contributed by atoms with E-state index in [-0.39, 0.29) is 23.3 Å². The summed E-state index contributed by atoms with van der Waals surface area (Å²) in [5, 5.41) is 2.74. The molecule has 3 aromatic carbocycles. The van der Waals surface area contributed by atoms with Gasteiger partial charge in [-0.3, -0.25) is 9.59 Å². The van der Waals surface area contributed by atoms with Crippen molar-refractivity contribution < 1.29 is 14.0 Å². The van der Waals surface area contributed by atoms with Crippen LogP contribution in [-0.2, 0) is 11.2 Å². The number of anilines is 1. The Morgan fingerprint density at radius 1 is 0.897 bits per heavy atom. The van der Waals surface area contributed by atoms with E-state index in [4.69, 9.17) is 0 Å². The molecule has 144 valence electrons. The number of rotatable bonds is 4.